The molecule has 4 aliphatic carbocycles. The predicted octanol–water partition coefficient (Wildman–Crippen LogP) is 0.932. The van der Waals surface area contributed by atoms with Crippen LogP contribution < -0.4 is 0 Å². The van der Waals surface area contributed by atoms with Gasteiger partial charge in [-0.3, -0.25) is 0 Å². The van der Waals surface area contributed by atoms with Crippen molar-refractivity contribution < 1.29 is 50.3 Å². The second-order valence-corrected chi connectivity index (χ2v) is 15.5. The van der Waals surface area contributed by atoms with Gasteiger partial charge in [-0.25, -0.2) is 0 Å². The predicted molar refractivity (Wildman–Crippen MR) is 153 cm³/mol. The third-order valence-corrected chi connectivity index (χ3v) is 12.8. The number of fused-ring (bicyclic) bond motifs is 5. The van der Waals surface area contributed by atoms with Crippen molar-refractivity contribution in [1.82, 2.24) is 0 Å². The maximum atomic E-state index is 12.5. The highest BCUT2D eigenvalue weighted by molar-refractivity contribution is 5.21. The van der Waals surface area contributed by atoms with Crippen molar-refractivity contribution in [2.75, 3.05) is 13.2 Å². The van der Waals surface area contributed by atoms with E-state index in [2.05, 4.69) is 20.8 Å². The number of aliphatic hydroxyl groups is 8. The van der Waals surface area contributed by atoms with Gasteiger partial charge < -0.3 is 50.3 Å². The van der Waals surface area contributed by atoms with Crippen LogP contribution >= 0.6 is 0 Å². The molecule has 7 unspecified atom stereocenters. The first-order chi connectivity index (χ1) is 19.6. The summed E-state index contributed by atoms with van der Waals surface area (Å²) in [5.41, 5.74) is -2.08. The lowest BCUT2D eigenvalue weighted by atomic mass is 9.42. The lowest BCUT2D eigenvalue weighted by Gasteiger charge is -2.65. The van der Waals surface area contributed by atoms with Crippen molar-refractivity contribution in [3.63, 3.8) is 0 Å². The van der Waals surface area contributed by atoms with E-state index < -0.39 is 66.0 Å². The number of ether oxygens (including phenoxy) is 2. The van der Waals surface area contributed by atoms with E-state index in [-0.39, 0.29) is 48.0 Å². The van der Waals surface area contributed by atoms with Crippen LogP contribution in [0.3, 0.4) is 0 Å². The smallest absolute Gasteiger partial charge is 0.186 e. The van der Waals surface area contributed by atoms with E-state index in [1.54, 1.807) is 0 Å². The lowest BCUT2D eigenvalue weighted by Crippen LogP contribution is -2.68. The summed E-state index contributed by atoms with van der Waals surface area (Å²) in [4.78, 5) is 0. The minimum atomic E-state index is -1.31. The quantitative estimate of drug-likeness (QED) is 0.200. The fraction of sp³-hybridized carbons (Fsp3) is 1.00. The van der Waals surface area contributed by atoms with Crippen LogP contribution in [0, 0.1) is 46.3 Å². The summed E-state index contributed by atoms with van der Waals surface area (Å²) in [7, 11) is 0. The third kappa shape index (κ3) is 5.39. The molecular formula is C32H56O10. The first-order valence-electron chi connectivity index (χ1n) is 16.4. The fourth-order valence-corrected chi connectivity index (χ4v) is 10.8. The van der Waals surface area contributed by atoms with Gasteiger partial charge in [-0.2, -0.15) is 0 Å². The number of rotatable bonds is 8. The molecule has 0 bridgehead atoms. The highest BCUT2D eigenvalue weighted by Gasteiger charge is 2.72. The zero-order chi connectivity index (χ0) is 30.8. The van der Waals surface area contributed by atoms with Gasteiger partial charge in [0.25, 0.3) is 0 Å². The molecule has 5 rings (SSSR count). The molecule has 0 aromatic heterocycles. The first-order valence-corrected chi connectivity index (χ1v) is 16.4. The van der Waals surface area contributed by atoms with Gasteiger partial charge >= 0.3 is 0 Å². The summed E-state index contributed by atoms with van der Waals surface area (Å²) in [6.07, 6.45) is -1.72. The average Bonchev–Trinajstić information content (AvgIpc) is 3.13. The van der Waals surface area contributed by atoms with Crippen LogP contribution in [0.2, 0.25) is 0 Å². The molecule has 0 radical (unpaired) electrons. The topological polar surface area (TPSA) is 180 Å². The largest absolute Gasteiger partial charge is 0.393 e. The van der Waals surface area contributed by atoms with E-state index in [0.29, 0.717) is 19.4 Å². The summed E-state index contributed by atoms with van der Waals surface area (Å²) in [5.74, 6) is -0.652. The van der Waals surface area contributed by atoms with Crippen molar-refractivity contribution in [2.45, 2.75) is 140 Å². The van der Waals surface area contributed by atoms with Crippen molar-refractivity contribution in [3.8, 4) is 0 Å². The molecule has 42 heavy (non-hydrogen) atoms. The second kappa shape index (κ2) is 12.1. The van der Waals surface area contributed by atoms with Crippen LogP contribution in [0.25, 0.3) is 0 Å². The summed E-state index contributed by atoms with van der Waals surface area (Å²) in [5, 5.41) is 86.7. The molecule has 5 aliphatic rings. The zero-order valence-corrected chi connectivity index (χ0v) is 25.8. The Kier molecular flexibility index (Phi) is 9.48. The Morgan fingerprint density at radius 3 is 2.24 bits per heavy atom. The van der Waals surface area contributed by atoms with E-state index in [1.165, 1.54) is 0 Å². The van der Waals surface area contributed by atoms with E-state index in [1.807, 2.05) is 6.92 Å². The molecule has 17 atom stereocenters. The van der Waals surface area contributed by atoms with Gasteiger partial charge in [-0.1, -0.05) is 40.5 Å². The molecule has 8 N–H and O–H groups in total. The Hall–Kier alpha value is -0.400. The average molecular weight is 601 g/mol. The van der Waals surface area contributed by atoms with Gasteiger partial charge in [0.1, 0.15) is 18.3 Å². The van der Waals surface area contributed by atoms with Crippen LogP contribution in [-0.4, -0.2) is 109 Å². The lowest BCUT2D eigenvalue weighted by molar-refractivity contribution is -0.272. The molecule has 0 spiro atoms. The summed E-state index contributed by atoms with van der Waals surface area (Å²) < 4.78 is 11.0. The molecule has 0 aromatic carbocycles. The molecule has 10 heteroatoms. The van der Waals surface area contributed by atoms with Crippen molar-refractivity contribution in [2.24, 2.45) is 46.3 Å². The maximum Gasteiger partial charge on any atom is 0.186 e. The molecule has 5 fully saturated rings. The molecular weight excluding hydrogens is 544 g/mol. The van der Waals surface area contributed by atoms with Gasteiger partial charge in [0.15, 0.2) is 6.29 Å². The van der Waals surface area contributed by atoms with Crippen LogP contribution in [0.1, 0.15) is 85.5 Å². The van der Waals surface area contributed by atoms with E-state index in [4.69, 9.17) is 9.47 Å². The molecule has 4 saturated carbocycles. The minimum Gasteiger partial charge on any atom is -0.393 e. The molecule has 1 aliphatic heterocycles. The monoisotopic (exact) mass is 600 g/mol. The Morgan fingerprint density at radius 1 is 0.833 bits per heavy atom. The van der Waals surface area contributed by atoms with E-state index >= 15 is 0 Å². The molecule has 0 amide bonds. The van der Waals surface area contributed by atoms with Crippen LogP contribution in [0.5, 0.6) is 0 Å². The van der Waals surface area contributed by atoms with Crippen molar-refractivity contribution >= 4 is 0 Å². The van der Waals surface area contributed by atoms with Gasteiger partial charge in [-0.05, 0) is 78.9 Å². The second-order valence-electron chi connectivity index (χ2n) is 15.5. The number of hydrogen-bond acceptors (Lipinski definition) is 10. The third-order valence-electron chi connectivity index (χ3n) is 12.8. The SMILES string of the molecule is C[C@@H](CCC[C@@H](C)C1[C@@H](O)[C@@H](O)C2[C@]1(C)CCC1[C@@]3(C)CC[C@H](O)CC3C(O)C[C@]12O)CO[C@@H]1OC[C@@H](O)C(O)C1O. The van der Waals surface area contributed by atoms with Crippen LogP contribution in [0.15, 0.2) is 0 Å². The Balaban J connectivity index is 1.21. The van der Waals surface area contributed by atoms with E-state index in [9.17, 15) is 40.9 Å². The normalized spacial score (nSPS) is 54.0. The molecule has 0 aromatic rings. The Morgan fingerprint density at radius 2 is 1.52 bits per heavy atom. The standard InChI is InChI=1S/C32H56O10/c1-16(14-41-29-27(39)24(36)21(35)15-42-29)6-5-7-17(2)23-25(37)26(38)28-31(23,4)11-9-22-30(3)10-8-18(33)12-19(30)20(34)13-32(22,28)40/h16-29,33-40H,5-15H2,1-4H3/t16-,17+,18-,19?,20?,21+,22?,23?,24?,25+,26+,27?,28?,29+,30-,31+,32-/m0/s1. The maximum absolute atomic E-state index is 12.5. The molecule has 1 heterocycles. The van der Waals surface area contributed by atoms with Crippen LogP contribution in [-0.2, 0) is 9.47 Å². The van der Waals surface area contributed by atoms with Crippen LogP contribution in [0.4, 0.5) is 0 Å². The van der Waals surface area contributed by atoms with Crippen molar-refractivity contribution in [1.29, 1.82) is 0 Å². The zero-order valence-electron chi connectivity index (χ0n) is 25.8. The highest BCUT2D eigenvalue weighted by atomic mass is 16.7. The fourth-order valence-electron chi connectivity index (χ4n) is 10.8. The van der Waals surface area contributed by atoms with Gasteiger partial charge in [0.05, 0.1) is 43.2 Å². The molecule has 10 nitrogen and oxygen atoms in total. The number of hydrogen-bond donors (Lipinski definition) is 8. The summed E-state index contributed by atoms with van der Waals surface area (Å²) in [6.45, 7) is 8.67. The molecule has 1 saturated heterocycles. The van der Waals surface area contributed by atoms with E-state index in [0.717, 1.165) is 38.5 Å². The van der Waals surface area contributed by atoms with Crippen molar-refractivity contribution in [3.05, 3.63) is 0 Å². The highest BCUT2D eigenvalue weighted by Crippen LogP contribution is 2.69. The first kappa shape index (κ1) is 33.0. The Labute approximate surface area is 250 Å². The molecule has 244 valence electrons. The summed E-state index contributed by atoms with van der Waals surface area (Å²) in [6, 6.07) is 0. The Bertz CT molecular complexity index is 937. The summed E-state index contributed by atoms with van der Waals surface area (Å²) >= 11 is 0. The van der Waals surface area contributed by atoms with Gasteiger partial charge in [0, 0.05) is 12.3 Å². The minimum absolute atomic E-state index is 0.0790. The number of aliphatic hydroxyl groups excluding tert-OH is 7. The van der Waals surface area contributed by atoms with Gasteiger partial charge in [0.2, 0.25) is 0 Å². The van der Waals surface area contributed by atoms with Gasteiger partial charge in [-0.15, -0.1) is 0 Å².